The normalized spacial score (nSPS) is 18.4. The van der Waals surface area contributed by atoms with E-state index in [0.717, 1.165) is 6.42 Å². The highest BCUT2D eigenvalue weighted by molar-refractivity contribution is 6.33. The van der Waals surface area contributed by atoms with Crippen molar-refractivity contribution in [2.24, 2.45) is 5.92 Å². The number of ether oxygens (including phenoxy) is 1. The summed E-state index contributed by atoms with van der Waals surface area (Å²) >= 11 is 5.94. The minimum absolute atomic E-state index is 0.109. The molecule has 1 amide bonds. The van der Waals surface area contributed by atoms with E-state index < -0.39 is 11.4 Å². The zero-order valence-corrected chi connectivity index (χ0v) is 14.7. The molecule has 0 spiro atoms. The van der Waals surface area contributed by atoms with E-state index in [9.17, 15) is 9.18 Å². The molecule has 0 saturated carbocycles. The highest BCUT2D eigenvalue weighted by Crippen LogP contribution is 2.27. The van der Waals surface area contributed by atoms with Crippen LogP contribution in [0.1, 0.15) is 27.2 Å². The van der Waals surface area contributed by atoms with Crippen LogP contribution in [0.15, 0.2) is 12.5 Å². The summed E-state index contributed by atoms with van der Waals surface area (Å²) in [6.07, 6.45) is 3.24. The van der Waals surface area contributed by atoms with E-state index in [2.05, 4.69) is 9.97 Å². The molecule has 3 rings (SSSR count). The van der Waals surface area contributed by atoms with Gasteiger partial charge in [-0.2, -0.15) is 0 Å². The summed E-state index contributed by atoms with van der Waals surface area (Å²) in [5.74, 6) is -0.223. The topological polar surface area (TPSA) is 60.2 Å². The van der Waals surface area contributed by atoms with E-state index in [0.29, 0.717) is 25.3 Å². The lowest BCUT2D eigenvalue weighted by Gasteiger charge is -2.24. The van der Waals surface area contributed by atoms with Crippen LogP contribution in [0.4, 0.5) is 9.18 Å². The van der Waals surface area contributed by atoms with Gasteiger partial charge in [0.1, 0.15) is 22.7 Å². The molecule has 6 nitrogen and oxygen atoms in total. The Morgan fingerprint density at radius 2 is 2.21 bits per heavy atom. The van der Waals surface area contributed by atoms with Crippen LogP contribution in [-0.2, 0) is 11.3 Å². The lowest BCUT2D eigenvalue weighted by atomic mass is 10.1. The molecule has 0 bridgehead atoms. The van der Waals surface area contributed by atoms with Crippen LogP contribution in [0.5, 0.6) is 0 Å². The van der Waals surface area contributed by atoms with Gasteiger partial charge in [-0.15, -0.1) is 0 Å². The van der Waals surface area contributed by atoms with Gasteiger partial charge in [0.05, 0.1) is 5.39 Å². The van der Waals surface area contributed by atoms with Crippen molar-refractivity contribution in [2.75, 3.05) is 13.1 Å². The molecule has 2 aromatic rings. The Kier molecular flexibility index (Phi) is 4.38. The van der Waals surface area contributed by atoms with Crippen LogP contribution in [0.3, 0.4) is 0 Å². The summed E-state index contributed by atoms with van der Waals surface area (Å²) in [6, 6.07) is 0. The first-order chi connectivity index (χ1) is 11.2. The van der Waals surface area contributed by atoms with Crippen molar-refractivity contribution in [1.82, 2.24) is 19.4 Å². The van der Waals surface area contributed by atoms with E-state index in [1.54, 1.807) is 9.47 Å². The molecule has 0 N–H and O–H groups in total. The maximum atomic E-state index is 14.1. The Bertz CT molecular complexity index is 771. The second kappa shape index (κ2) is 6.20. The standard InChI is InChI=1S/C16H20ClFN4O2/c1-16(2,3)24-15(23)21-5-4-10(6-21)7-22-8-11(18)12-13(17)19-9-20-14(12)22/h8-10H,4-7H2,1-3H3/t10-/m1/s1. The smallest absolute Gasteiger partial charge is 0.410 e. The first kappa shape index (κ1) is 17.0. The van der Waals surface area contributed by atoms with E-state index in [4.69, 9.17) is 16.3 Å². The van der Waals surface area contributed by atoms with Gasteiger partial charge < -0.3 is 14.2 Å². The van der Waals surface area contributed by atoms with E-state index in [1.165, 1.54) is 12.5 Å². The quantitative estimate of drug-likeness (QED) is 0.775. The third-order valence-corrected chi connectivity index (χ3v) is 4.24. The molecule has 0 radical (unpaired) electrons. The maximum Gasteiger partial charge on any atom is 0.410 e. The number of hydrogen-bond donors (Lipinski definition) is 0. The maximum absolute atomic E-state index is 14.1. The first-order valence-corrected chi connectivity index (χ1v) is 8.25. The minimum atomic E-state index is -0.511. The van der Waals surface area contributed by atoms with Crippen molar-refractivity contribution in [3.05, 3.63) is 23.5 Å². The van der Waals surface area contributed by atoms with Crippen LogP contribution in [0.2, 0.25) is 5.15 Å². The van der Waals surface area contributed by atoms with Gasteiger partial charge in [-0.1, -0.05) is 11.6 Å². The zero-order valence-electron chi connectivity index (χ0n) is 13.9. The molecule has 1 atom stereocenters. The van der Waals surface area contributed by atoms with Gasteiger partial charge in [0.15, 0.2) is 5.82 Å². The molecule has 0 unspecified atom stereocenters. The zero-order chi connectivity index (χ0) is 17.5. The van der Waals surface area contributed by atoms with Crippen molar-refractivity contribution in [3.8, 4) is 0 Å². The summed E-state index contributed by atoms with van der Waals surface area (Å²) in [4.78, 5) is 21.8. The van der Waals surface area contributed by atoms with Crippen LogP contribution in [0.25, 0.3) is 11.0 Å². The molecule has 0 aliphatic carbocycles. The summed E-state index contributed by atoms with van der Waals surface area (Å²) in [5.41, 5.74) is -0.0361. The summed E-state index contributed by atoms with van der Waals surface area (Å²) in [7, 11) is 0. The van der Waals surface area contributed by atoms with Gasteiger partial charge in [-0.3, -0.25) is 0 Å². The Morgan fingerprint density at radius 1 is 1.46 bits per heavy atom. The molecular weight excluding hydrogens is 335 g/mol. The molecule has 1 aliphatic heterocycles. The minimum Gasteiger partial charge on any atom is -0.444 e. The monoisotopic (exact) mass is 354 g/mol. The predicted molar refractivity (Wildman–Crippen MR) is 88.4 cm³/mol. The number of halogens is 2. The van der Waals surface area contributed by atoms with E-state index in [-0.39, 0.29) is 22.6 Å². The van der Waals surface area contributed by atoms with Gasteiger partial charge in [0.25, 0.3) is 0 Å². The van der Waals surface area contributed by atoms with Crippen molar-refractivity contribution >= 4 is 28.7 Å². The lowest BCUT2D eigenvalue weighted by molar-refractivity contribution is 0.0287. The fraction of sp³-hybridized carbons (Fsp3) is 0.562. The predicted octanol–water partition coefficient (Wildman–Crippen LogP) is 3.48. The lowest BCUT2D eigenvalue weighted by Crippen LogP contribution is -2.35. The average molecular weight is 355 g/mol. The van der Waals surface area contributed by atoms with Gasteiger partial charge in [-0.05, 0) is 33.1 Å². The second-order valence-corrected chi connectivity index (χ2v) is 7.43. The average Bonchev–Trinajstić information content (AvgIpc) is 3.04. The molecule has 1 fully saturated rings. The molecule has 24 heavy (non-hydrogen) atoms. The highest BCUT2D eigenvalue weighted by atomic mass is 35.5. The number of fused-ring (bicyclic) bond motifs is 1. The third-order valence-electron chi connectivity index (χ3n) is 3.95. The summed E-state index contributed by atoms with van der Waals surface area (Å²) in [5, 5.41) is 0.346. The van der Waals surface area contributed by atoms with Crippen molar-refractivity contribution in [1.29, 1.82) is 0 Å². The molecule has 1 saturated heterocycles. The van der Waals surface area contributed by atoms with Crippen molar-refractivity contribution in [2.45, 2.75) is 39.3 Å². The van der Waals surface area contributed by atoms with Crippen molar-refractivity contribution < 1.29 is 13.9 Å². The number of hydrogen-bond acceptors (Lipinski definition) is 4. The fourth-order valence-electron chi connectivity index (χ4n) is 2.93. The molecule has 130 valence electrons. The number of amides is 1. The molecule has 8 heteroatoms. The molecule has 1 aliphatic rings. The fourth-order valence-corrected chi connectivity index (χ4v) is 3.15. The Labute approximate surface area is 144 Å². The van der Waals surface area contributed by atoms with Gasteiger partial charge in [-0.25, -0.2) is 19.2 Å². The Hall–Kier alpha value is -1.89. The van der Waals surface area contributed by atoms with Crippen LogP contribution >= 0.6 is 11.6 Å². The molecule has 3 heterocycles. The summed E-state index contributed by atoms with van der Waals surface area (Å²) in [6.45, 7) is 7.31. The van der Waals surface area contributed by atoms with Crippen LogP contribution in [0, 0.1) is 11.7 Å². The largest absolute Gasteiger partial charge is 0.444 e. The number of nitrogens with zero attached hydrogens (tertiary/aromatic N) is 4. The number of carbonyl (C=O) groups excluding carboxylic acids is 1. The van der Waals surface area contributed by atoms with Gasteiger partial charge in [0, 0.05) is 25.8 Å². The third kappa shape index (κ3) is 3.45. The Morgan fingerprint density at radius 3 is 2.92 bits per heavy atom. The van der Waals surface area contributed by atoms with Gasteiger partial charge >= 0.3 is 6.09 Å². The number of rotatable bonds is 2. The van der Waals surface area contributed by atoms with Crippen LogP contribution < -0.4 is 0 Å². The van der Waals surface area contributed by atoms with E-state index >= 15 is 0 Å². The van der Waals surface area contributed by atoms with Crippen molar-refractivity contribution in [3.63, 3.8) is 0 Å². The van der Waals surface area contributed by atoms with Gasteiger partial charge in [0.2, 0.25) is 0 Å². The second-order valence-electron chi connectivity index (χ2n) is 7.07. The number of likely N-dealkylation sites (tertiary alicyclic amines) is 1. The number of aromatic nitrogens is 3. The van der Waals surface area contributed by atoms with E-state index in [1.807, 2.05) is 20.8 Å². The SMILES string of the molecule is CC(C)(C)OC(=O)N1CC[C@@H](Cn2cc(F)c3c(Cl)ncnc32)C1. The molecule has 0 aromatic carbocycles. The molecular formula is C16H20ClFN4O2. The van der Waals surface area contributed by atoms with Crippen LogP contribution in [-0.4, -0.2) is 44.2 Å². The highest BCUT2D eigenvalue weighted by Gasteiger charge is 2.30. The Balaban J connectivity index is 1.70. The number of carbonyl (C=O) groups is 1. The first-order valence-electron chi connectivity index (χ1n) is 7.87. The summed E-state index contributed by atoms with van der Waals surface area (Å²) < 4.78 is 21.2. The molecule has 2 aromatic heterocycles.